The van der Waals surface area contributed by atoms with E-state index in [-0.39, 0.29) is 17.1 Å². The lowest BCUT2D eigenvalue weighted by Gasteiger charge is -2.26. The van der Waals surface area contributed by atoms with Gasteiger partial charge >= 0.3 is 5.56 Å². The van der Waals surface area contributed by atoms with E-state index in [1.165, 1.54) is 24.7 Å². The summed E-state index contributed by atoms with van der Waals surface area (Å²) in [5, 5.41) is 31.1. The zero-order valence-electron chi connectivity index (χ0n) is 13.5. The molecule has 0 aromatic carbocycles. The van der Waals surface area contributed by atoms with Gasteiger partial charge in [0.2, 0.25) is 5.95 Å². The van der Waals surface area contributed by atoms with Crippen LogP contribution in [0.5, 0.6) is 0 Å². The Morgan fingerprint density at radius 1 is 1.52 bits per heavy atom. The van der Waals surface area contributed by atoms with Crippen molar-refractivity contribution in [1.82, 2.24) is 19.2 Å². The third-order valence-corrected chi connectivity index (χ3v) is 4.13. The number of nitrogens with zero attached hydrogens (tertiary/aromatic N) is 4. The van der Waals surface area contributed by atoms with Gasteiger partial charge < -0.3 is 31.6 Å². The Hall–Kier alpha value is -2.65. The maximum absolute atomic E-state index is 12.1. The summed E-state index contributed by atoms with van der Waals surface area (Å²) in [4.78, 5) is 20.1. The number of anilines is 1. The fourth-order valence-electron chi connectivity index (χ4n) is 2.88. The van der Waals surface area contributed by atoms with Crippen LogP contribution in [0.25, 0.3) is 11.2 Å². The highest BCUT2D eigenvalue weighted by molar-refractivity contribution is 5.71. The molecule has 7 N–H and O–H groups in total. The number of hydrogen-bond acceptors (Lipinski definition) is 9. The van der Waals surface area contributed by atoms with Crippen LogP contribution in [0.1, 0.15) is 20.1 Å². The molecule has 1 fully saturated rings. The van der Waals surface area contributed by atoms with E-state index in [1.54, 1.807) is 0 Å². The van der Waals surface area contributed by atoms with Gasteiger partial charge in [-0.2, -0.15) is 9.66 Å². The van der Waals surface area contributed by atoms with Crippen molar-refractivity contribution < 1.29 is 20.1 Å². The SMILES string of the molecule is CC#C[C@@]1(O)C(O)[C@@H]([C@@H](C)O)O[C@H]1n1cnc2c(=O)n(N)c(N)nc21. The van der Waals surface area contributed by atoms with Gasteiger partial charge in [-0.15, -0.1) is 5.92 Å². The summed E-state index contributed by atoms with van der Waals surface area (Å²) in [6.45, 7) is 2.89. The van der Waals surface area contributed by atoms with E-state index in [4.69, 9.17) is 16.3 Å². The molecule has 3 rings (SSSR count). The maximum atomic E-state index is 12.1. The summed E-state index contributed by atoms with van der Waals surface area (Å²) in [6.07, 6.45) is -3.78. The monoisotopic (exact) mass is 350 g/mol. The molecule has 134 valence electrons. The van der Waals surface area contributed by atoms with Crippen molar-refractivity contribution in [2.24, 2.45) is 0 Å². The van der Waals surface area contributed by atoms with Gasteiger partial charge in [-0.25, -0.2) is 4.98 Å². The van der Waals surface area contributed by atoms with Crippen LogP contribution in [0.15, 0.2) is 11.1 Å². The minimum absolute atomic E-state index is 0.00368. The second-order valence-electron chi connectivity index (χ2n) is 5.81. The molecule has 11 nitrogen and oxygen atoms in total. The molecular formula is C14H18N6O5. The molecule has 11 heteroatoms. The summed E-state index contributed by atoms with van der Waals surface area (Å²) in [7, 11) is 0. The van der Waals surface area contributed by atoms with Crippen LogP contribution in [0, 0.1) is 11.8 Å². The highest BCUT2D eigenvalue weighted by atomic mass is 16.6. The standard InChI is InChI=1S/C14H18N6O5/c1-3-4-14(24)9(22)8(6(2)21)25-12(14)19-5-17-7-10(19)18-13(15)20(16)11(7)23/h5-6,8-9,12,21-22,24H,16H2,1-2H3,(H2,15,18)/t6-,8-,9?,12-,14-/m1/s1. The summed E-state index contributed by atoms with van der Waals surface area (Å²) < 4.78 is 7.48. The van der Waals surface area contributed by atoms with Gasteiger partial charge in [-0.3, -0.25) is 9.36 Å². The molecule has 1 unspecified atom stereocenters. The molecule has 25 heavy (non-hydrogen) atoms. The molecule has 0 radical (unpaired) electrons. The minimum atomic E-state index is -2.06. The highest BCUT2D eigenvalue weighted by Crippen LogP contribution is 2.40. The summed E-state index contributed by atoms with van der Waals surface area (Å²) in [6, 6.07) is 0. The second kappa shape index (κ2) is 5.71. The van der Waals surface area contributed by atoms with Crippen LogP contribution in [-0.2, 0) is 4.74 Å². The number of aliphatic hydroxyl groups excluding tert-OH is 2. The predicted molar refractivity (Wildman–Crippen MR) is 86.3 cm³/mol. The van der Waals surface area contributed by atoms with Crippen molar-refractivity contribution in [3.05, 3.63) is 16.7 Å². The molecule has 0 amide bonds. The maximum Gasteiger partial charge on any atom is 0.301 e. The topological polar surface area (TPSA) is 175 Å². The Kier molecular flexibility index (Phi) is 3.92. The van der Waals surface area contributed by atoms with Crippen LogP contribution in [0.4, 0.5) is 5.95 Å². The summed E-state index contributed by atoms with van der Waals surface area (Å²) in [5.41, 5.74) is 2.78. The molecule has 5 atom stereocenters. The van der Waals surface area contributed by atoms with Gasteiger partial charge in [0.1, 0.15) is 12.2 Å². The average Bonchev–Trinajstić information content (AvgIpc) is 3.06. The van der Waals surface area contributed by atoms with Crippen LogP contribution in [-0.4, -0.2) is 58.4 Å². The van der Waals surface area contributed by atoms with E-state index < -0.39 is 35.7 Å². The van der Waals surface area contributed by atoms with Crippen LogP contribution >= 0.6 is 0 Å². The molecule has 1 saturated heterocycles. The van der Waals surface area contributed by atoms with Gasteiger partial charge in [0.25, 0.3) is 0 Å². The van der Waals surface area contributed by atoms with Gasteiger partial charge in [-0.05, 0) is 13.8 Å². The molecule has 0 saturated carbocycles. The third-order valence-electron chi connectivity index (χ3n) is 4.13. The second-order valence-corrected chi connectivity index (χ2v) is 5.81. The number of imidazole rings is 1. The molecule has 1 aliphatic heterocycles. The number of hydrogen-bond donors (Lipinski definition) is 5. The Balaban J connectivity index is 2.22. The van der Waals surface area contributed by atoms with Crippen molar-refractivity contribution in [1.29, 1.82) is 0 Å². The summed E-state index contributed by atoms with van der Waals surface area (Å²) in [5.74, 6) is 10.2. The van der Waals surface area contributed by atoms with Crippen molar-refractivity contribution >= 4 is 17.1 Å². The lowest BCUT2D eigenvalue weighted by Crippen LogP contribution is -2.47. The number of nitrogen functional groups attached to an aromatic ring is 2. The Bertz CT molecular complexity index is 941. The van der Waals surface area contributed by atoms with E-state index in [2.05, 4.69) is 21.8 Å². The normalized spacial score (nSPS) is 30.2. The van der Waals surface area contributed by atoms with E-state index in [9.17, 15) is 20.1 Å². The molecule has 1 aliphatic rings. The smallest absolute Gasteiger partial charge is 0.301 e. The quantitative estimate of drug-likeness (QED) is 0.285. The fourth-order valence-corrected chi connectivity index (χ4v) is 2.88. The van der Waals surface area contributed by atoms with E-state index in [0.29, 0.717) is 4.68 Å². The van der Waals surface area contributed by atoms with Crippen molar-refractivity contribution in [3.8, 4) is 11.8 Å². The van der Waals surface area contributed by atoms with Crippen molar-refractivity contribution in [3.63, 3.8) is 0 Å². The average molecular weight is 350 g/mol. The van der Waals surface area contributed by atoms with Gasteiger partial charge in [0.05, 0.1) is 12.4 Å². The zero-order valence-corrected chi connectivity index (χ0v) is 13.5. The number of aliphatic hydroxyl groups is 3. The Morgan fingerprint density at radius 2 is 2.20 bits per heavy atom. The first kappa shape index (κ1) is 17.2. The molecule has 0 bridgehead atoms. The van der Waals surface area contributed by atoms with Crippen molar-refractivity contribution in [2.75, 3.05) is 11.6 Å². The number of ether oxygens (including phenoxy) is 1. The molecule has 2 aromatic heterocycles. The van der Waals surface area contributed by atoms with Crippen LogP contribution in [0.2, 0.25) is 0 Å². The first-order valence-corrected chi connectivity index (χ1v) is 7.40. The lowest BCUT2D eigenvalue weighted by molar-refractivity contribution is -0.0847. The first-order chi connectivity index (χ1) is 11.7. The molecule has 3 heterocycles. The predicted octanol–water partition coefficient (Wildman–Crippen LogP) is -2.72. The molecule has 0 aliphatic carbocycles. The largest absolute Gasteiger partial charge is 0.391 e. The Labute approximate surface area is 141 Å². The van der Waals surface area contributed by atoms with Crippen LogP contribution in [0.3, 0.4) is 0 Å². The number of rotatable bonds is 2. The number of fused-ring (bicyclic) bond motifs is 1. The molecule has 2 aromatic rings. The third kappa shape index (κ3) is 2.35. The lowest BCUT2D eigenvalue weighted by atomic mass is 9.93. The van der Waals surface area contributed by atoms with Crippen molar-refractivity contribution in [2.45, 2.75) is 44.0 Å². The first-order valence-electron chi connectivity index (χ1n) is 7.40. The fraction of sp³-hybridized carbons (Fsp3) is 0.500. The van der Waals surface area contributed by atoms with E-state index in [0.717, 1.165) is 0 Å². The zero-order chi connectivity index (χ0) is 18.5. The minimum Gasteiger partial charge on any atom is -0.391 e. The summed E-state index contributed by atoms with van der Waals surface area (Å²) >= 11 is 0. The highest BCUT2D eigenvalue weighted by Gasteiger charge is 2.57. The number of nitrogens with two attached hydrogens (primary N) is 2. The van der Waals surface area contributed by atoms with Gasteiger partial charge in [0, 0.05) is 0 Å². The van der Waals surface area contributed by atoms with E-state index in [1.807, 2.05) is 0 Å². The molecule has 0 spiro atoms. The van der Waals surface area contributed by atoms with Crippen LogP contribution < -0.4 is 17.1 Å². The molecular weight excluding hydrogens is 332 g/mol. The van der Waals surface area contributed by atoms with Gasteiger partial charge in [0.15, 0.2) is 23.0 Å². The van der Waals surface area contributed by atoms with E-state index >= 15 is 0 Å². The number of aromatic nitrogens is 4. The Morgan fingerprint density at radius 3 is 2.80 bits per heavy atom. The van der Waals surface area contributed by atoms with Gasteiger partial charge in [-0.1, -0.05) is 5.92 Å².